The Bertz CT molecular complexity index is 894. The molecule has 1 aliphatic heterocycles. The van der Waals surface area contributed by atoms with E-state index >= 15 is 0 Å². The van der Waals surface area contributed by atoms with E-state index in [9.17, 15) is 5.11 Å². The third-order valence-electron chi connectivity index (χ3n) is 3.96. The Morgan fingerprint density at radius 1 is 1.04 bits per heavy atom. The number of aromatic nitrogens is 2. The number of hydrogen-bond donors (Lipinski definition) is 1. The number of phenols is 1. The maximum atomic E-state index is 9.91. The Hall–Kier alpha value is -1.87. The Kier molecular flexibility index (Phi) is 4.99. The molecule has 3 aromatic rings. The van der Waals surface area contributed by atoms with Crippen molar-refractivity contribution in [3.8, 4) is 17.2 Å². The number of halogens is 1. The summed E-state index contributed by atoms with van der Waals surface area (Å²) in [6.45, 7) is 1.06. The zero-order chi connectivity index (χ0) is 18.0. The Morgan fingerprint density at radius 2 is 1.77 bits per heavy atom. The van der Waals surface area contributed by atoms with Crippen molar-refractivity contribution in [2.45, 2.75) is 11.0 Å². The molecule has 0 radical (unpaired) electrons. The van der Waals surface area contributed by atoms with Crippen LogP contribution in [0.1, 0.15) is 5.56 Å². The minimum absolute atomic E-state index is 0.0986. The predicted molar refractivity (Wildman–Crippen MR) is 99.8 cm³/mol. The molecule has 8 heteroatoms. The molecule has 2 heterocycles. The molecule has 1 aliphatic rings. The second-order valence-electron chi connectivity index (χ2n) is 5.64. The second-order valence-corrected chi connectivity index (χ2v) is 7.48. The number of hydrogen-bond acceptors (Lipinski definition) is 7. The van der Waals surface area contributed by atoms with Gasteiger partial charge in [-0.25, -0.2) is 0 Å². The van der Waals surface area contributed by atoms with E-state index in [2.05, 4.69) is 26.1 Å². The number of phenolic OH excluding ortho intramolecular Hbond substituents is 1. The van der Waals surface area contributed by atoms with E-state index in [-0.39, 0.29) is 11.6 Å². The highest BCUT2D eigenvalue weighted by Gasteiger charge is 2.39. The van der Waals surface area contributed by atoms with Crippen LogP contribution in [0, 0.1) is 0 Å². The molecule has 134 valence electrons. The fourth-order valence-corrected chi connectivity index (χ4v) is 3.83. The summed E-state index contributed by atoms with van der Waals surface area (Å²) in [7, 11) is 0. The Labute approximate surface area is 162 Å². The van der Waals surface area contributed by atoms with Crippen molar-refractivity contribution in [2.75, 3.05) is 19.0 Å². The summed E-state index contributed by atoms with van der Waals surface area (Å²) in [5, 5.41) is 18.4. The van der Waals surface area contributed by atoms with Gasteiger partial charge in [-0.1, -0.05) is 52.0 Å². The summed E-state index contributed by atoms with van der Waals surface area (Å²) < 4.78 is 18.5. The summed E-state index contributed by atoms with van der Waals surface area (Å²) in [6.07, 6.45) is 0. The molecule has 4 rings (SSSR count). The molecule has 1 fully saturated rings. The van der Waals surface area contributed by atoms with E-state index in [4.69, 9.17) is 13.9 Å². The summed E-state index contributed by atoms with van der Waals surface area (Å²) >= 11 is 4.79. The largest absolute Gasteiger partial charge is 0.507 e. The van der Waals surface area contributed by atoms with Gasteiger partial charge in [-0.05, 0) is 24.3 Å². The van der Waals surface area contributed by atoms with Gasteiger partial charge in [0, 0.05) is 10.0 Å². The van der Waals surface area contributed by atoms with Crippen molar-refractivity contribution >= 4 is 27.7 Å². The van der Waals surface area contributed by atoms with Gasteiger partial charge < -0.3 is 19.0 Å². The minimum atomic E-state index is -0.838. The molecule has 0 unspecified atom stereocenters. The van der Waals surface area contributed by atoms with Gasteiger partial charge in [0.1, 0.15) is 5.75 Å². The van der Waals surface area contributed by atoms with Crippen molar-refractivity contribution in [2.24, 2.45) is 0 Å². The van der Waals surface area contributed by atoms with E-state index in [0.717, 1.165) is 10.0 Å². The number of benzene rings is 2. The molecule has 2 aromatic carbocycles. The molecule has 0 atom stereocenters. The molecular formula is C18H15BrN2O4S. The average Bonchev–Trinajstić information content (AvgIpc) is 3.31. The number of ether oxygens (including phenoxy) is 2. The summed E-state index contributed by atoms with van der Waals surface area (Å²) in [5.41, 5.74) is 1.44. The standard InChI is InChI=1S/C18H15BrN2O4S/c19-13-7-5-12(6-8-13)18(23-9-10-24-18)11-26-17-21-20-16(25-17)14-3-1-2-4-15(14)22/h1-8,22H,9-11H2. The Balaban J connectivity index is 1.52. The zero-order valence-corrected chi connectivity index (χ0v) is 16.0. The first-order valence-electron chi connectivity index (χ1n) is 7.95. The van der Waals surface area contributed by atoms with Crippen LogP contribution in [-0.4, -0.2) is 34.3 Å². The SMILES string of the molecule is Oc1ccccc1-c1nnc(SCC2(c3ccc(Br)cc3)OCCO2)o1. The Morgan fingerprint density at radius 3 is 2.50 bits per heavy atom. The molecule has 1 saturated heterocycles. The molecule has 6 nitrogen and oxygen atoms in total. The smallest absolute Gasteiger partial charge is 0.277 e. The highest BCUT2D eigenvalue weighted by molar-refractivity contribution is 9.10. The molecule has 26 heavy (non-hydrogen) atoms. The maximum Gasteiger partial charge on any atom is 0.277 e. The normalized spacial score (nSPS) is 16.0. The predicted octanol–water partition coefficient (Wildman–Crippen LogP) is 4.20. The van der Waals surface area contributed by atoms with E-state index in [1.54, 1.807) is 24.3 Å². The fraction of sp³-hybridized carbons (Fsp3) is 0.222. The molecular weight excluding hydrogens is 420 g/mol. The molecule has 0 spiro atoms. The summed E-state index contributed by atoms with van der Waals surface area (Å²) in [5.74, 6) is 0.00406. The van der Waals surface area contributed by atoms with Crippen LogP contribution in [0.3, 0.4) is 0 Å². The van der Waals surface area contributed by atoms with Gasteiger partial charge in [0.05, 0.1) is 24.5 Å². The first kappa shape index (κ1) is 17.5. The van der Waals surface area contributed by atoms with E-state index in [0.29, 0.717) is 29.8 Å². The lowest BCUT2D eigenvalue weighted by atomic mass is 10.1. The van der Waals surface area contributed by atoms with Crippen molar-refractivity contribution in [3.05, 3.63) is 58.6 Å². The van der Waals surface area contributed by atoms with E-state index < -0.39 is 5.79 Å². The van der Waals surface area contributed by atoms with Crippen LogP contribution < -0.4 is 0 Å². The first-order valence-corrected chi connectivity index (χ1v) is 9.73. The fourth-order valence-electron chi connectivity index (χ4n) is 2.68. The van der Waals surface area contributed by atoms with Crippen LogP contribution in [0.2, 0.25) is 0 Å². The summed E-state index contributed by atoms with van der Waals surface area (Å²) in [6, 6.07) is 14.7. The lowest BCUT2D eigenvalue weighted by molar-refractivity contribution is -0.145. The van der Waals surface area contributed by atoms with Crippen LogP contribution in [0.25, 0.3) is 11.5 Å². The zero-order valence-electron chi connectivity index (χ0n) is 13.6. The lowest BCUT2D eigenvalue weighted by Gasteiger charge is -2.26. The van der Waals surface area contributed by atoms with Crippen LogP contribution in [0.4, 0.5) is 0 Å². The minimum Gasteiger partial charge on any atom is -0.507 e. The molecule has 0 amide bonds. The van der Waals surface area contributed by atoms with Crippen molar-refractivity contribution in [3.63, 3.8) is 0 Å². The monoisotopic (exact) mass is 434 g/mol. The maximum absolute atomic E-state index is 9.91. The quantitative estimate of drug-likeness (QED) is 0.602. The summed E-state index contributed by atoms with van der Waals surface area (Å²) in [4.78, 5) is 0. The molecule has 0 saturated carbocycles. The number of thioether (sulfide) groups is 1. The molecule has 1 N–H and O–H groups in total. The van der Waals surface area contributed by atoms with E-state index in [1.807, 2.05) is 24.3 Å². The molecule has 0 bridgehead atoms. The number of aromatic hydroxyl groups is 1. The second kappa shape index (κ2) is 7.40. The highest BCUT2D eigenvalue weighted by Crippen LogP contribution is 2.38. The van der Waals surface area contributed by atoms with Crippen LogP contribution in [0.15, 0.2) is 62.6 Å². The third-order valence-corrected chi connectivity index (χ3v) is 5.43. The third kappa shape index (κ3) is 3.50. The van der Waals surface area contributed by atoms with Gasteiger partial charge in [-0.2, -0.15) is 0 Å². The van der Waals surface area contributed by atoms with Gasteiger partial charge in [0.2, 0.25) is 5.79 Å². The lowest BCUT2D eigenvalue weighted by Crippen LogP contribution is -2.30. The first-order chi connectivity index (χ1) is 12.7. The van der Waals surface area contributed by atoms with Gasteiger partial charge in [-0.3, -0.25) is 0 Å². The van der Waals surface area contributed by atoms with Gasteiger partial charge in [-0.15, -0.1) is 10.2 Å². The van der Waals surface area contributed by atoms with Crippen molar-refractivity contribution in [1.82, 2.24) is 10.2 Å². The van der Waals surface area contributed by atoms with Crippen LogP contribution in [-0.2, 0) is 15.3 Å². The van der Waals surface area contributed by atoms with Crippen molar-refractivity contribution < 1.29 is 19.0 Å². The number of rotatable bonds is 5. The van der Waals surface area contributed by atoms with Crippen LogP contribution in [0.5, 0.6) is 5.75 Å². The number of nitrogens with zero attached hydrogens (tertiary/aromatic N) is 2. The molecule has 0 aliphatic carbocycles. The van der Waals surface area contributed by atoms with Gasteiger partial charge in [0.25, 0.3) is 11.1 Å². The highest BCUT2D eigenvalue weighted by atomic mass is 79.9. The average molecular weight is 435 g/mol. The molecule has 1 aromatic heterocycles. The van der Waals surface area contributed by atoms with Crippen molar-refractivity contribution in [1.29, 1.82) is 0 Å². The topological polar surface area (TPSA) is 77.6 Å². The van der Waals surface area contributed by atoms with Crippen LogP contribution >= 0.6 is 27.7 Å². The van der Waals surface area contributed by atoms with Gasteiger partial charge >= 0.3 is 0 Å². The van der Waals surface area contributed by atoms with Gasteiger partial charge in [0.15, 0.2) is 0 Å². The number of para-hydroxylation sites is 1. The van der Waals surface area contributed by atoms with E-state index in [1.165, 1.54) is 11.8 Å².